The Labute approximate surface area is 174 Å². The molecular weight excluding hydrogens is 401 g/mol. The van der Waals surface area contributed by atoms with Gasteiger partial charge in [-0.05, 0) is 43.7 Å². The summed E-state index contributed by atoms with van der Waals surface area (Å²) < 4.78 is 1.95. The fourth-order valence-electron chi connectivity index (χ4n) is 2.47. The van der Waals surface area contributed by atoms with Crippen molar-refractivity contribution in [3.63, 3.8) is 0 Å². The minimum Gasteiger partial charge on any atom is -0.324 e. The van der Waals surface area contributed by atoms with Crippen LogP contribution >= 0.6 is 35.3 Å². The van der Waals surface area contributed by atoms with E-state index in [9.17, 15) is 4.79 Å². The van der Waals surface area contributed by atoms with Crippen molar-refractivity contribution in [1.82, 2.24) is 4.57 Å². The highest BCUT2D eigenvalue weighted by Gasteiger charge is 2.10. The van der Waals surface area contributed by atoms with E-state index in [2.05, 4.69) is 10.3 Å². The van der Waals surface area contributed by atoms with Gasteiger partial charge in [0.2, 0.25) is 5.91 Å². The molecule has 0 atom stereocenters. The first-order valence-electron chi connectivity index (χ1n) is 8.23. The molecule has 1 aromatic heterocycles. The average Bonchev–Trinajstić information content (AvgIpc) is 2.93. The van der Waals surface area contributed by atoms with Crippen LogP contribution in [0.2, 0.25) is 5.02 Å². The highest BCUT2D eigenvalue weighted by atomic mass is 35.5. The number of hydrogen-bond donors (Lipinski definition) is 1. The largest absolute Gasteiger partial charge is 0.324 e. The van der Waals surface area contributed by atoms with Crippen molar-refractivity contribution in [2.75, 3.05) is 5.32 Å². The van der Waals surface area contributed by atoms with Crippen LogP contribution in [-0.4, -0.2) is 10.5 Å². The molecule has 0 aliphatic heterocycles. The molecule has 27 heavy (non-hydrogen) atoms. The van der Waals surface area contributed by atoms with E-state index in [1.54, 1.807) is 0 Å². The van der Waals surface area contributed by atoms with Gasteiger partial charge in [0.05, 0.1) is 22.8 Å². The maximum absolute atomic E-state index is 12.4. The quantitative estimate of drug-likeness (QED) is 0.618. The predicted octanol–water partition coefficient (Wildman–Crippen LogP) is 5.19. The van der Waals surface area contributed by atoms with E-state index >= 15 is 0 Å². The van der Waals surface area contributed by atoms with Crippen molar-refractivity contribution in [2.24, 2.45) is 12.0 Å². The number of aromatic nitrogens is 1. The Hall–Kier alpha value is -2.08. The van der Waals surface area contributed by atoms with E-state index in [0.29, 0.717) is 10.7 Å². The summed E-state index contributed by atoms with van der Waals surface area (Å²) in [5, 5.41) is 5.37. The van der Waals surface area contributed by atoms with E-state index in [4.69, 9.17) is 11.6 Å². The number of carbonyl (C=O) groups is 1. The second kappa shape index (κ2) is 9.22. The van der Waals surface area contributed by atoms with Gasteiger partial charge in [-0.3, -0.25) is 4.79 Å². The lowest BCUT2D eigenvalue weighted by Gasteiger charge is -2.08. The number of carbonyl (C=O) groups excluding carboxylic acids is 1. The highest BCUT2D eigenvalue weighted by Crippen LogP contribution is 2.23. The Morgan fingerprint density at radius 3 is 2.48 bits per heavy atom. The van der Waals surface area contributed by atoms with Gasteiger partial charge in [0.15, 0.2) is 4.80 Å². The Balaban J connectivity index is 0.00000261. The number of nitrogens with one attached hydrogen (secondary N) is 1. The third-order valence-corrected chi connectivity index (χ3v) is 5.30. The standard InChI is InChI=1S/C20H20ClN3OS.ClH/c1-13-4-7-15(8-5-13)22-20-24(3)16(12-26-20)11-19(25)23-18-9-6-14(2)10-17(18)21;/h4-10,12H,11H2,1-3H3,(H,23,25);1H. The number of benzene rings is 2. The third-order valence-electron chi connectivity index (χ3n) is 4.02. The molecule has 3 aromatic rings. The molecule has 3 rings (SSSR count). The zero-order valence-corrected chi connectivity index (χ0v) is 17.7. The molecule has 1 heterocycles. The molecule has 2 aromatic carbocycles. The van der Waals surface area contributed by atoms with Gasteiger partial charge >= 0.3 is 0 Å². The summed E-state index contributed by atoms with van der Waals surface area (Å²) in [6, 6.07) is 13.6. The topological polar surface area (TPSA) is 46.4 Å². The normalized spacial score (nSPS) is 11.2. The summed E-state index contributed by atoms with van der Waals surface area (Å²) in [6.45, 7) is 4.01. The zero-order chi connectivity index (χ0) is 18.7. The fourth-order valence-corrected chi connectivity index (χ4v) is 3.67. The fraction of sp³-hybridized carbons (Fsp3) is 0.200. The first-order valence-corrected chi connectivity index (χ1v) is 9.49. The van der Waals surface area contributed by atoms with E-state index in [1.165, 1.54) is 16.9 Å². The van der Waals surface area contributed by atoms with Gasteiger partial charge in [-0.25, -0.2) is 4.99 Å². The zero-order valence-electron chi connectivity index (χ0n) is 15.3. The molecule has 0 spiro atoms. The molecule has 0 saturated heterocycles. The maximum Gasteiger partial charge on any atom is 0.230 e. The summed E-state index contributed by atoms with van der Waals surface area (Å²) >= 11 is 7.70. The van der Waals surface area contributed by atoms with Gasteiger partial charge in [-0.2, -0.15) is 0 Å². The van der Waals surface area contributed by atoms with Crippen molar-refractivity contribution < 1.29 is 4.79 Å². The van der Waals surface area contributed by atoms with E-state index in [0.717, 1.165) is 21.7 Å². The van der Waals surface area contributed by atoms with Gasteiger partial charge in [-0.1, -0.05) is 35.4 Å². The molecule has 0 unspecified atom stereocenters. The summed E-state index contributed by atoms with van der Waals surface area (Å²) in [4.78, 5) is 17.9. The predicted molar refractivity (Wildman–Crippen MR) is 115 cm³/mol. The molecule has 142 valence electrons. The van der Waals surface area contributed by atoms with Crippen LogP contribution in [0.15, 0.2) is 52.8 Å². The smallest absolute Gasteiger partial charge is 0.230 e. The number of aryl methyl sites for hydroxylation is 2. The summed E-state index contributed by atoms with van der Waals surface area (Å²) in [5.41, 5.74) is 4.69. The SMILES string of the molecule is Cc1ccc(N=c2scc(CC(=O)Nc3ccc(C)cc3Cl)n2C)cc1.Cl. The molecule has 4 nitrogen and oxygen atoms in total. The third kappa shape index (κ3) is 5.45. The van der Waals surface area contributed by atoms with Crippen molar-refractivity contribution in [3.05, 3.63) is 74.5 Å². The molecule has 0 radical (unpaired) electrons. The molecule has 7 heteroatoms. The number of rotatable bonds is 4. The van der Waals surface area contributed by atoms with Gasteiger partial charge in [-0.15, -0.1) is 23.7 Å². The molecule has 1 N–H and O–H groups in total. The minimum atomic E-state index is -0.106. The van der Waals surface area contributed by atoms with Crippen LogP contribution in [0.5, 0.6) is 0 Å². The molecule has 0 aliphatic rings. The number of thiazole rings is 1. The second-order valence-electron chi connectivity index (χ2n) is 6.22. The van der Waals surface area contributed by atoms with Crippen molar-refractivity contribution in [2.45, 2.75) is 20.3 Å². The van der Waals surface area contributed by atoms with Gasteiger partial charge in [0.1, 0.15) is 0 Å². The van der Waals surface area contributed by atoms with Crippen molar-refractivity contribution in [3.8, 4) is 0 Å². The summed E-state index contributed by atoms with van der Waals surface area (Å²) in [5.74, 6) is -0.106. The second-order valence-corrected chi connectivity index (χ2v) is 7.47. The number of nitrogens with zero attached hydrogens (tertiary/aromatic N) is 2. The minimum absolute atomic E-state index is 0. The van der Waals surface area contributed by atoms with Crippen LogP contribution in [0.3, 0.4) is 0 Å². The lowest BCUT2D eigenvalue weighted by Crippen LogP contribution is -2.19. The van der Waals surface area contributed by atoms with Crippen LogP contribution in [0.25, 0.3) is 0 Å². The lowest BCUT2D eigenvalue weighted by molar-refractivity contribution is -0.115. The molecule has 0 bridgehead atoms. The molecule has 1 amide bonds. The van der Waals surface area contributed by atoms with Crippen LogP contribution in [0.4, 0.5) is 11.4 Å². The maximum atomic E-state index is 12.4. The van der Waals surface area contributed by atoms with Gasteiger partial charge in [0.25, 0.3) is 0 Å². The lowest BCUT2D eigenvalue weighted by atomic mass is 10.2. The molecule has 0 aliphatic carbocycles. The molecule has 0 fully saturated rings. The first-order chi connectivity index (χ1) is 12.4. The summed E-state index contributed by atoms with van der Waals surface area (Å²) in [6.07, 6.45) is 0.265. The molecular formula is C20H21Cl2N3OS. The van der Waals surface area contributed by atoms with E-state index in [-0.39, 0.29) is 24.7 Å². The number of hydrogen-bond acceptors (Lipinski definition) is 3. The number of amides is 1. The Morgan fingerprint density at radius 1 is 1.15 bits per heavy atom. The van der Waals surface area contributed by atoms with Crippen LogP contribution in [0, 0.1) is 13.8 Å². The van der Waals surface area contributed by atoms with E-state index in [1.807, 2.05) is 73.3 Å². The van der Waals surface area contributed by atoms with Crippen molar-refractivity contribution in [1.29, 1.82) is 0 Å². The number of halogens is 2. The number of anilines is 1. The Kier molecular flexibility index (Phi) is 7.25. The highest BCUT2D eigenvalue weighted by molar-refractivity contribution is 7.07. The van der Waals surface area contributed by atoms with Crippen LogP contribution in [-0.2, 0) is 18.3 Å². The average molecular weight is 422 g/mol. The molecule has 0 saturated carbocycles. The van der Waals surface area contributed by atoms with Gasteiger partial charge < -0.3 is 9.88 Å². The van der Waals surface area contributed by atoms with Crippen LogP contribution < -0.4 is 10.1 Å². The Morgan fingerprint density at radius 2 is 1.81 bits per heavy atom. The first kappa shape index (κ1) is 21.2. The van der Waals surface area contributed by atoms with Crippen LogP contribution in [0.1, 0.15) is 16.8 Å². The summed E-state index contributed by atoms with van der Waals surface area (Å²) in [7, 11) is 1.92. The Bertz CT molecular complexity index is 1010. The monoisotopic (exact) mass is 421 g/mol. The van der Waals surface area contributed by atoms with E-state index < -0.39 is 0 Å². The van der Waals surface area contributed by atoms with Crippen molar-refractivity contribution >= 4 is 52.6 Å². The van der Waals surface area contributed by atoms with Gasteiger partial charge in [0, 0.05) is 18.1 Å².